The SMILES string of the molecule is Cc1ccc(N(C)Cc2ccccn2)c(CCl)c1. The number of halogens is 1. The molecule has 2 aromatic rings. The number of anilines is 1. The summed E-state index contributed by atoms with van der Waals surface area (Å²) >= 11 is 6.01. The lowest BCUT2D eigenvalue weighted by atomic mass is 10.1. The fourth-order valence-corrected chi connectivity index (χ4v) is 2.23. The zero-order chi connectivity index (χ0) is 13.0. The Balaban J connectivity index is 2.21. The van der Waals surface area contributed by atoms with E-state index < -0.39 is 0 Å². The lowest BCUT2D eigenvalue weighted by Gasteiger charge is -2.22. The Labute approximate surface area is 113 Å². The number of benzene rings is 1. The van der Waals surface area contributed by atoms with E-state index in [0.29, 0.717) is 5.88 Å². The first-order chi connectivity index (χ1) is 8.70. The Bertz CT molecular complexity index is 511. The lowest BCUT2D eigenvalue weighted by molar-refractivity contribution is 0.879. The molecule has 1 aromatic carbocycles. The number of pyridine rings is 1. The largest absolute Gasteiger partial charge is 0.368 e. The van der Waals surface area contributed by atoms with Crippen LogP contribution < -0.4 is 4.90 Å². The number of hydrogen-bond donors (Lipinski definition) is 0. The van der Waals surface area contributed by atoms with E-state index in [4.69, 9.17) is 11.6 Å². The predicted molar refractivity (Wildman–Crippen MR) is 77.1 cm³/mol. The van der Waals surface area contributed by atoms with Gasteiger partial charge >= 0.3 is 0 Å². The highest BCUT2D eigenvalue weighted by Gasteiger charge is 2.08. The van der Waals surface area contributed by atoms with Crippen LogP contribution in [0.25, 0.3) is 0 Å². The van der Waals surface area contributed by atoms with Gasteiger partial charge in [-0.1, -0.05) is 23.8 Å². The van der Waals surface area contributed by atoms with Crippen molar-refractivity contribution in [3.05, 3.63) is 59.4 Å². The van der Waals surface area contributed by atoms with Gasteiger partial charge in [0.05, 0.1) is 12.2 Å². The van der Waals surface area contributed by atoms with Gasteiger partial charge in [-0.25, -0.2) is 0 Å². The fraction of sp³-hybridized carbons (Fsp3) is 0.267. The molecule has 0 saturated heterocycles. The number of nitrogens with zero attached hydrogens (tertiary/aromatic N) is 2. The summed E-state index contributed by atoms with van der Waals surface area (Å²) < 4.78 is 0. The lowest BCUT2D eigenvalue weighted by Crippen LogP contribution is -2.18. The highest BCUT2D eigenvalue weighted by molar-refractivity contribution is 6.17. The predicted octanol–water partition coefficient (Wildman–Crippen LogP) is 3.77. The summed E-state index contributed by atoms with van der Waals surface area (Å²) in [7, 11) is 2.06. The van der Waals surface area contributed by atoms with Gasteiger partial charge in [0.25, 0.3) is 0 Å². The first kappa shape index (κ1) is 12.9. The van der Waals surface area contributed by atoms with Crippen molar-refractivity contribution in [2.75, 3.05) is 11.9 Å². The van der Waals surface area contributed by atoms with E-state index >= 15 is 0 Å². The van der Waals surface area contributed by atoms with Crippen LogP contribution in [0.5, 0.6) is 0 Å². The molecule has 1 aromatic heterocycles. The summed E-state index contributed by atoms with van der Waals surface area (Å²) in [6.45, 7) is 2.87. The van der Waals surface area contributed by atoms with Crippen molar-refractivity contribution in [1.29, 1.82) is 0 Å². The van der Waals surface area contributed by atoms with E-state index in [1.54, 1.807) is 0 Å². The third kappa shape index (κ3) is 3.02. The van der Waals surface area contributed by atoms with Crippen molar-refractivity contribution >= 4 is 17.3 Å². The molecule has 0 aliphatic carbocycles. The summed E-state index contributed by atoms with van der Waals surface area (Å²) in [4.78, 5) is 6.52. The molecular formula is C15H17ClN2. The Morgan fingerprint density at radius 1 is 1.22 bits per heavy atom. The van der Waals surface area contributed by atoms with Gasteiger partial charge in [0, 0.05) is 24.8 Å². The molecule has 0 amide bonds. The van der Waals surface area contributed by atoms with Gasteiger partial charge in [-0.3, -0.25) is 4.98 Å². The second-order valence-electron chi connectivity index (χ2n) is 4.44. The van der Waals surface area contributed by atoms with Crippen molar-refractivity contribution in [3.8, 4) is 0 Å². The molecule has 0 saturated carbocycles. The van der Waals surface area contributed by atoms with E-state index in [2.05, 4.69) is 42.1 Å². The molecule has 0 aliphatic heterocycles. The molecule has 0 fully saturated rings. The summed E-state index contributed by atoms with van der Waals surface area (Å²) in [6, 6.07) is 12.3. The number of rotatable bonds is 4. The van der Waals surface area contributed by atoms with Crippen molar-refractivity contribution in [3.63, 3.8) is 0 Å². The number of hydrogen-bond acceptors (Lipinski definition) is 2. The van der Waals surface area contributed by atoms with Crippen LogP contribution >= 0.6 is 11.6 Å². The highest BCUT2D eigenvalue weighted by atomic mass is 35.5. The molecule has 18 heavy (non-hydrogen) atoms. The Hall–Kier alpha value is -1.54. The molecule has 0 unspecified atom stereocenters. The summed E-state index contributed by atoms with van der Waals surface area (Å²) in [5.41, 5.74) is 4.62. The molecule has 0 aliphatic rings. The van der Waals surface area contributed by atoms with E-state index in [1.165, 1.54) is 11.3 Å². The smallest absolute Gasteiger partial charge is 0.0598 e. The van der Waals surface area contributed by atoms with Gasteiger partial charge in [0.2, 0.25) is 0 Å². The number of alkyl halides is 1. The molecule has 0 N–H and O–H groups in total. The van der Waals surface area contributed by atoms with Crippen molar-refractivity contribution in [2.45, 2.75) is 19.3 Å². The van der Waals surface area contributed by atoms with E-state index in [1.807, 2.05) is 24.4 Å². The third-order valence-corrected chi connectivity index (χ3v) is 3.20. The fourth-order valence-electron chi connectivity index (χ4n) is 2.01. The Morgan fingerprint density at radius 2 is 2.06 bits per heavy atom. The average molecular weight is 261 g/mol. The van der Waals surface area contributed by atoms with E-state index in [9.17, 15) is 0 Å². The van der Waals surface area contributed by atoms with E-state index in [0.717, 1.165) is 17.8 Å². The van der Waals surface area contributed by atoms with Gasteiger partial charge in [-0.15, -0.1) is 11.6 Å². The van der Waals surface area contributed by atoms with Gasteiger partial charge in [0.15, 0.2) is 0 Å². The molecule has 0 spiro atoms. The summed E-state index contributed by atoms with van der Waals surface area (Å²) in [6.07, 6.45) is 1.82. The topological polar surface area (TPSA) is 16.1 Å². The normalized spacial score (nSPS) is 10.4. The minimum atomic E-state index is 0.531. The molecular weight excluding hydrogens is 244 g/mol. The second kappa shape index (κ2) is 5.87. The van der Waals surface area contributed by atoms with Crippen LogP contribution in [0.4, 0.5) is 5.69 Å². The molecule has 94 valence electrons. The van der Waals surface area contributed by atoms with Crippen molar-refractivity contribution in [2.24, 2.45) is 0 Å². The minimum absolute atomic E-state index is 0.531. The molecule has 0 radical (unpaired) electrons. The number of aryl methyl sites for hydroxylation is 1. The highest BCUT2D eigenvalue weighted by Crippen LogP contribution is 2.23. The van der Waals surface area contributed by atoms with Crippen LogP contribution in [0.15, 0.2) is 42.6 Å². The number of aromatic nitrogens is 1. The zero-order valence-electron chi connectivity index (χ0n) is 10.7. The Kier molecular flexibility index (Phi) is 4.21. The van der Waals surface area contributed by atoms with Gasteiger partial charge in [-0.2, -0.15) is 0 Å². The molecule has 1 heterocycles. The quantitative estimate of drug-likeness (QED) is 0.778. The van der Waals surface area contributed by atoms with Crippen LogP contribution in [-0.4, -0.2) is 12.0 Å². The molecule has 2 nitrogen and oxygen atoms in total. The standard InChI is InChI=1S/C15H17ClN2/c1-12-6-7-15(13(9-12)10-16)18(2)11-14-5-3-4-8-17-14/h3-9H,10-11H2,1-2H3. The maximum Gasteiger partial charge on any atom is 0.0598 e. The summed E-state index contributed by atoms with van der Waals surface area (Å²) in [5, 5.41) is 0. The van der Waals surface area contributed by atoms with Gasteiger partial charge in [0.1, 0.15) is 0 Å². The zero-order valence-corrected chi connectivity index (χ0v) is 11.5. The minimum Gasteiger partial charge on any atom is -0.368 e. The molecule has 2 rings (SSSR count). The van der Waals surface area contributed by atoms with E-state index in [-0.39, 0.29) is 0 Å². The monoisotopic (exact) mass is 260 g/mol. The Morgan fingerprint density at radius 3 is 2.72 bits per heavy atom. The van der Waals surface area contributed by atoms with Crippen LogP contribution in [0.2, 0.25) is 0 Å². The van der Waals surface area contributed by atoms with Gasteiger partial charge in [-0.05, 0) is 30.7 Å². The molecule has 0 atom stereocenters. The average Bonchev–Trinajstić information content (AvgIpc) is 2.39. The van der Waals surface area contributed by atoms with Crippen LogP contribution in [0.1, 0.15) is 16.8 Å². The van der Waals surface area contributed by atoms with Crippen molar-refractivity contribution < 1.29 is 0 Å². The van der Waals surface area contributed by atoms with Gasteiger partial charge < -0.3 is 4.90 Å². The van der Waals surface area contributed by atoms with Crippen LogP contribution in [0, 0.1) is 6.92 Å². The first-order valence-electron chi connectivity index (χ1n) is 5.97. The molecule has 3 heteroatoms. The first-order valence-corrected chi connectivity index (χ1v) is 6.50. The maximum atomic E-state index is 6.01. The van der Waals surface area contributed by atoms with Crippen LogP contribution in [-0.2, 0) is 12.4 Å². The van der Waals surface area contributed by atoms with Crippen LogP contribution in [0.3, 0.4) is 0 Å². The third-order valence-electron chi connectivity index (χ3n) is 2.92. The molecule has 0 bridgehead atoms. The van der Waals surface area contributed by atoms with Crippen molar-refractivity contribution in [1.82, 2.24) is 4.98 Å². The maximum absolute atomic E-state index is 6.01. The summed E-state index contributed by atoms with van der Waals surface area (Å²) in [5.74, 6) is 0.531. The second-order valence-corrected chi connectivity index (χ2v) is 4.71.